The van der Waals surface area contributed by atoms with Crippen LogP contribution in [0.1, 0.15) is 31.8 Å². The van der Waals surface area contributed by atoms with E-state index in [2.05, 4.69) is 80.6 Å². The fourth-order valence-corrected chi connectivity index (χ4v) is 5.05. The lowest BCUT2D eigenvalue weighted by atomic mass is 10.1. The molecular formula is C25H28N6OS. The summed E-state index contributed by atoms with van der Waals surface area (Å²) in [4.78, 5) is 15.8. The molecule has 4 aromatic rings. The number of aromatic nitrogens is 4. The monoisotopic (exact) mass is 460 g/mol. The van der Waals surface area contributed by atoms with E-state index in [-0.39, 0.29) is 0 Å². The van der Waals surface area contributed by atoms with Crippen molar-refractivity contribution in [1.82, 2.24) is 20.1 Å². The zero-order valence-electron chi connectivity index (χ0n) is 18.9. The second-order valence-corrected chi connectivity index (χ2v) is 9.67. The molecular weight excluding hydrogens is 432 g/mol. The van der Waals surface area contributed by atoms with E-state index in [0.717, 1.165) is 55.2 Å². The van der Waals surface area contributed by atoms with Crippen LogP contribution in [-0.2, 0) is 13.0 Å². The average Bonchev–Trinajstić information content (AvgIpc) is 3.48. The molecule has 2 aromatic carbocycles. The van der Waals surface area contributed by atoms with Crippen molar-refractivity contribution in [2.24, 2.45) is 5.92 Å². The van der Waals surface area contributed by atoms with Gasteiger partial charge >= 0.3 is 0 Å². The molecule has 0 fully saturated rings. The minimum absolute atomic E-state index is 0.580. The number of nitrogens with zero attached hydrogens (tertiary/aromatic N) is 5. The Morgan fingerprint density at radius 1 is 1.06 bits per heavy atom. The Kier molecular flexibility index (Phi) is 6.35. The minimum atomic E-state index is 0.580. The summed E-state index contributed by atoms with van der Waals surface area (Å²) in [5.41, 5.74) is 4.30. The fourth-order valence-electron chi connectivity index (χ4n) is 3.95. The molecule has 1 aliphatic heterocycles. The van der Waals surface area contributed by atoms with Crippen LogP contribution in [0.3, 0.4) is 0 Å². The van der Waals surface area contributed by atoms with Crippen LogP contribution >= 0.6 is 11.9 Å². The maximum atomic E-state index is 5.69. The van der Waals surface area contributed by atoms with Crippen LogP contribution in [0.2, 0.25) is 0 Å². The van der Waals surface area contributed by atoms with Gasteiger partial charge in [-0.3, -0.25) is 0 Å². The van der Waals surface area contributed by atoms with Crippen molar-refractivity contribution in [2.45, 2.75) is 38.1 Å². The van der Waals surface area contributed by atoms with Gasteiger partial charge in [0.25, 0.3) is 5.89 Å². The Hall–Kier alpha value is -3.26. The summed E-state index contributed by atoms with van der Waals surface area (Å²) < 4.78 is 8.02. The molecule has 0 unspecified atom stereocenters. The molecule has 0 radical (unpaired) electrons. The topological polar surface area (TPSA) is 74.1 Å². The number of aryl methyl sites for hydroxylation is 1. The molecule has 0 saturated carbocycles. The van der Waals surface area contributed by atoms with Crippen LogP contribution in [0.4, 0.5) is 11.4 Å². The number of fused-ring (bicyclic) bond motifs is 1. The molecule has 2 aromatic heterocycles. The molecule has 0 atom stereocenters. The Morgan fingerprint density at radius 3 is 2.70 bits per heavy atom. The van der Waals surface area contributed by atoms with E-state index in [1.807, 2.05) is 12.3 Å². The second-order valence-electron chi connectivity index (χ2n) is 8.61. The molecule has 170 valence electrons. The minimum Gasteiger partial charge on any atom is -0.363 e. The number of hydrogen-bond acceptors (Lipinski definition) is 7. The van der Waals surface area contributed by atoms with E-state index in [9.17, 15) is 0 Å². The van der Waals surface area contributed by atoms with Crippen LogP contribution in [0.5, 0.6) is 0 Å². The van der Waals surface area contributed by atoms with Gasteiger partial charge in [0, 0.05) is 25.7 Å². The number of aromatic amines is 1. The first-order valence-electron chi connectivity index (χ1n) is 11.4. The Balaban J connectivity index is 1.43. The van der Waals surface area contributed by atoms with Gasteiger partial charge in [-0.2, -0.15) is 4.98 Å². The van der Waals surface area contributed by atoms with E-state index in [1.165, 1.54) is 10.6 Å². The van der Waals surface area contributed by atoms with Gasteiger partial charge in [0.1, 0.15) is 0 Å². The van der Waals surface area contributed by atoms with E-state index in [4.69, 9.17) is 9.51 Å². The zero-order valence-corrected chi connectivity index (χ0v) is 19.8. The lowest BCUT2D eigenvalue weighted by molar-refractivity contribution is 0.419. The Morgan fingerprint density at radius 2 is 1.88 bits per heavy atom. The quantitative estimate of drug-likeness (QED) is 0.361. The summed E-state index contributed by atoms with van der Waals surface area (Å²) in [5, 5.41) is 4.23. The highest BCUT2D eigenvalue weighted by atomic mass is 32.2. The summed E-state index contributed by atoms with van der Waals surface area (Å²) in [6.45, 7) is 6.89. The zero-order chi connectivity index (χ0) is 22.6. The van der Waals surface area contributed by atoms with Crippen molar-refractivity contribution in [1.29, 1.82) is 0 Å². The standard InChI is InChI=1S/C25H28N6OS/c1-18(2)11-12-24-28-25(32-29-24)20-7-3-4-8-21(20)31-14-13-30(16-19-15-26-17-27-19)22-9-5-6-10-23(22)33-31/h3-10,15,17-18H,11-14,16H2,1-2H3,(H,26,27). The van der Waals surface area contributed by atoms with Crippen LogP contribution < -0.4 is 9.21 Å². The van der Waals surface area contributed by atoms with Crippen molar-refractivity contribution in [3.8, 4) is 11.5 Å². The normalized spacial score (nSPS) is 13.9. The second kappa shape index (κ2) is 9.70. The van der Waals surface area contributed by atoms with Gasteiger partial charge in [0.2, 0.25) is 0 Å². The Bertz CT molecular complexity index is 1190. The predicted octanol–water partition coefficient (Wildman–Crippen LogP) is 5.58. The molecule has 0 saturated heterocycles. The molecule has 1 N–H and O–H groups in total. The highest BCUT2D eigenvalue weighted by molar-refractivity contribution is 8.00. The van der Waals surface area contributed by atoms with Crippen LogP contribution in [0.25, 0.3) is 11.5 Å². The first-order valence-corrected chi connectivity index (χ1v) is 12.1. The fraction of sp³-hybridized carbons (Fsp3) is 0.320. The largest absolute Gasteiger partial charge is 0.363 e. The van der Waals surface area contributed by atoms with Crippen molar-refractivity contribution in [3.05, 3.63) is 72.6 Å². The highest BCUT2D eigenvalue weighted by Crippen LogP contribution is 2.41. The SMILES string of the molecule is CC(C)CCc1noc(-c2ccccc2N2CCN(Cc3c[nH]cn3)c3ccccc3S2)n1. The predicted molar refractivity (Wildman–Crippen MR) is 132 cm³/mol. The summed E-state index contributed by atoms with van der Waals surface area (Å²) in [5.74, 6) is 1.96. The molecule has 3 heterocycles. The average molecular weight is 461 g/mol. The number of hydrogen-bond donors (Lipinski definition) is 1. The van der Waals surface area contributed by atoms with Gasteiger partial charge in [0.15, 0.2) is 5.82 Å². The van der Waals surface area contributed by atoms with Gasteiger partial charge in [-0.25, -0.2) is 4.98 Å². The van der Waals surface area contributed by atoms with Gasteiger partial charge < -0.3 is 18.7 Å². The van der Waals surface area contributed by atoms with Crippen molar-refractivity contribution in [3.63, 3.8) is 0 Å². The smallest absolute Gasteiger partial charge is 0.260 e. The van der Waals surface area contributed by atoms with Crippen molar-refractivity contribution in [2.75, 3.05) is 22.3 Å². The molecule has 33 heavy (non-hydrogen) atoms. The molecule has 0 aliphatic carbocycles. The molecule has 0 spiro atoms. The van der Waals surface area contributed by atoms with E-state index < -0.39 is 0 Å². The number of anilines is 2. The molecule has 1 aliphatic rings. The lowest BCUT2D eigenvalue weighted by Gasteiger charge is -2.24. The maximum Gasteiger partial charge on any atom is 0.260 e. The van der Waals surface area contributed by atoms with Crippen molar-refractivity contribution >= 4 is 23.3 Å². The number of nitrogens with one attached hydrogen (secondary N) is 1. The van der Waals surface area contributed by atoms with Gasteiger partial charge in [-0.05, 0) is 48.6 Å². The number of imidazole rings is 1. The summed E-state index contributed by atoms with van der Waals surface area (Å²) >= 11 is 1.75. The molecule has 8 heteroatoms. The maximum absolute atomic E-state index is 5.69. The van der Waals surface area contributed by atoms with E-state index in [1.54, 1.807) is 18.3 Å². The Labute approximate surface area is 198 Å². The van der Waals surface area contributed by atoms with Crippen LogP contribution in [-0.4, -0.2) is 33.2 Å². The van der Waals surface area contributed by atoms with Crippen molar-refractivity contribution < 1.29 is 4.52 Å². The van der Waals surface area contributed by atoms with Crippen LogP contribution in [0, 0.1) is 5.92 Å². The number of H-pyrrole nitrogens is 1. The number of para-hydroxylation sites is 2. The molecule has 0 bridgehead atoms. The molecule has 0 amide bonds. The molecule has 7 nitrogen and oxygen atoms in total. The van der Waals surface area contributed by atoms with Gasteiger partial charge in [0.05, 0.1) is 40.4 Å². The van der Waals surface area contributed by atoms with Crippen LogP contribution in [0.15, 0.2) is 70.5 Å². The third kappa shape index (κ3) is 4.90. The first kappa shape index (κ1) is 21.6. The van der Waals surface area contributed by atoms with Gasteiger partial charge in [-0.1, -0.05) is 43.3 Å². The van der Waals surface area contributed by atoms with E-state index in [0.29, 0.717) is 11.8 Å². The lowest BCUT2D eigenvalue weighted by Crippen LogP contribution is -2.29. The summed E-state index contributed by atoms with van der Waals surface area (Å²) in [7, 11) is 0. The third-order valence-corrected chi connectivity index (χ3v) is 6.85. The van der Waals surface area contributed by atoms with E-state index >= 15 is 0 Å². The summed E-state index contributed by atoms with van der Waals surface area (Å²) in [6.07, 6.45) is 5.57. The first-order chi connectivity index (χ1) is 16.2. The highest BCUT2D eigenvalue weighted by Gasteiger charge is 2.24. The third-order valence-electron chi connectivity index (χ3n) is 5.71. The number of rotatable bonds is 7. The molecule has 5 rings (SSSR count). The number of benzene rings is 2. The van der Waals surface area contributed by atoms with Gasteiger partial charge in [-0.15, -0.1) is 0 Å². The summed E-state index contributed by atoms with van der Waals surface area (Å²) in [6, 6.07) is 16.8.